The number of nitrogens with one attached hydrogen (secondary N) is 1. The Balaban J connectivity index is 1.69. The van der Waals surface area contributed by atoms with E-state index in [4.69, 9.17) is 0 Å². The third kappa shape index (κ3) is 7.59. The van der Waals surface area contributed by atoms with Gasteiger partial charge in [-0.2, -0.15) is 0 Å². The molecule has 1 aliphatic rings. The van der Waals surface area contributed by atoms with Crippen molar-refractivity contribution in [2.45, 2.75) is 90.2 Å². The summed E-state index contributed by atoms with van der Waals surface area (Å²) in [6.45, 7) is 9.14. The molecule has 0 aliphatic heterocycles. The van der Waals surface area contributed by atoms with Crippen LogP contribution in [0.1, 0.15) is 66.8 Å². The molecule has 1 fully saturated rings. The molecule has 8 heteroatoms. The van der Waals surface area contributed by atoms with E-state index < -0.39 is 28.5 Å². The van der Waals surface area contributed by atoms with Gasteiger partial charge in [-0.25, -0.2) is 8.42 Å². The highest BCUT2D eigenvalue weighted by Crippen LogP contribution is 2.28. The zero-order chi connectivity index (χ0) is 30.4. The van der Waals surface area contributed by atoms with Crippen molar-refractivity contribution in [3.8, 4) is 0 Å². The van der Waals surface area contributed by atoms with Crippen LogP contribution < -0.4 is 9.62 Å². The Kier molecular flexibility index (Phi) is 10.1. The Morgan fingerprint density at radius 2 is 1.40 bits per heavy atom. The van der Waals surface area contributed by atoms with Crippen LogP contribution >= 0.6 is 0 Å². The number of sulfonamides is 1. The molecule has 1 N–H and O–H groups in total. The van der Waals surface area contributed by atoms with Crippen LogP contribution in [-0.2, 0) is 26.2 Å². The first-order valence-corrected chi connectivity index (χ1v) is 16.2. The van der Waals surface area contributed by atoms with E-state index in [9.17, 15) is 18.0 Å². The number of anilines is 1. The van der Waals surface area contributed by atoms with E-state index in [1.54, 1.807) is 37.3 Å². The first-order valence-electron chi connectivity index (χ1n) is 14.8. The fourth-order valence-corrected chi connectivity index (χ4v) is 6.96. The van der Waals surface area contributed by atoms with Crippen LogP contribution in [0.3, 0.4) is 0 Å². The number of hydrogen-bond donors (Lipinski definition) is 1. The van der Waals surface area contributed by atoms with Gasteiger partial charge in [0.05, 0.1) is 10.6 Å². The fraction of sp³-hybridized carbons (Fsp3) is 0.412. The van der Waals surface area contributed by atoms with Gasteiger partial charge in [-0.3, -0.25) is 13.9 Å². The summed E-state index contributed by atoms with van der Waals surface area (Å²) in [6, 6.07) is 19.2. The molecular formula is C34H43N3O4S. The number of nitrogens with zero attached hydrogens (tertiary/aromatic N) is 2. The highest BCUT2D eigenvalue weighted by Gasteiger charge is 2.33. The summed E-state index contributed by atoms with van der Waals surface area (Å²) < 4.78 is 29.3. The molecule has 7 nitrogen and oxygen atoms in total. The molecule has 0 radical (unpaired) electrons. The zero-order valence-electron chi connectivity index (χ0n) is 25.4. The smallest absolute Gasteiger partial charge is 0.264 e. The summed E-state index contributed by atoms with van der Waals surface area (Å²) in [7, 11) is -4.10. The lowest BCUT2D eigenvalue weighted by molar-refractivity contribution is -0.139. The molecule has 224 valence electrons. The van der Waals surface area contributed by atoms with Crippen molar-refractivity contribution in [1.29, 1.82) is 0 Å². The van der Waals surface area contributed by atoms with Crippen LogP contribution in [0.25, 0.3) is 0 Å². The van der Waals surface area contributed by atoms with E-state index in [2.05, 4.69) is 5.32 Å². The molecule has 42 heavy (non-hydrogen) atoms. The molecule has 1 atom stereocenters. The Bertz CT molecular complexity index is 1490. The number of rotatable bonds is 10. The quantitative estimate of drug-likeness (QED) is 0.315. The van der Waals surface area contributed by atoms with Gasteiger partial charge < -0.3 is 10.2 Å². The number of benzene rings is 3. The predicted octanol–water partition coefficient (Wildman–Crippen LogP) is 5.98. The Labute approximate surface area is 251 Å². The maximum Gasteiger partial charge on any atom is 0.264 e. The molecule has 0 spiro atoms. The maximum absolute atomic E-state index is 14.2. The third-order valence-electron chi connectivity index (χ3n) is 8.10. The van der Waals surface area contributed by atoms with E-state index in [1.807, 2.05) is 64.1 Å². The molecule has 0 heterocycles. The van der Waals surface area contributed by atoms with Crippen molar-refractivity contribution < 1.29 is 18.0 Å². The first kappa shape index (κ1) is 31.3. The first-order chi connectivity index (χ1) is 20.0. The summed E-state index contributed by atoms with van der Waals surface area (Å²) in [4.78, 5) is 29.3. The lowest BCUT2D eigenvalue weighted by atomic mass is 9.95. The minimum absolute atomic E-state index is 0.0960. The average molecular weight is 590 g/mol. The summed E-state index contributed by atoms with van der Waals surface area (Å²) in [5.41, 5.74) is 5.06. The van der Waals surface area contributed by atoms with Gasteiger partial charge in [-0.15, -0.1) is 0 Å². The van der Waals surface area contributed by atoms with Gasteiger partial charge in [0, 0.05) is 12.6 Å². The van der Waals surface area contributed by atoms with Crippen molar-refractivity contribution >= 4 is 27.5 Å². The van der Waals surface area contributed by atoms with Gasteiger partial charge >= 0.3 is 0 Å². The molecule has 3 aromatic rings. The molecule has 1 unspecified atom stereocenters. The number of carbonyl (C=O) groups is 2. The molecular weight excluding hydrogens is 546 g/mol. The van der Waals surface area contributed by atoms with Gasteiger partial charge in [0.1, 0.15) is 12.6 Å². The van der Waals surface area contributed by atoms with Crippen molar-refractivity contribution in [2.75, 3.05) is 10.8 Å². The summed E-state index contributed by atoms with van der Waals surface area (Å²) in [6.07, 6.45) is 5.18. The average Bonchev–Trinajstić information content (AvgIpc) is 2.96. The monoisotopic (exact) mass is 589 g/mol. The van der Waals surface area contributed by atoms with Crippen molar-refractivity contribution in [3.05, 3.63) is 94.5 Å². The molecule has 1 saturated carbocycles. The minimum atomic E-state index is -4.10. The van der Waals surface area contributed by atoms with Gasteiger partial charge in [0.15, 0.2) is 0 Å². The van der Waals surface area contributed by atoms with Crippen LogP contribution in [0.5, 0.6) is 0 Å². The molecule has 4 rings (SSSR count). The Morgan fingerprint density at radius 3 is 2.00 bits per heavy atom. The van der Waals surface area contributed by atoms with Crippen molar-refractivity contribution in [1.82, 2.24) is 10.2 Å². The molecule has 0 bridgehead atoms. The van der Waals surface area contributed by atoms with Crippen LogP contribution in [0, 0.1) is 27.7 Å². The van der Waals surface area contributed by atoms with Gasteiger partial charge in [0.2, 0.25) is 11.8 Å². The molecule has 0 saturated heterocycles. The summed E-state index contributed by atoms with van der Waals surface area (Å²) in [5.74, 6) is -0.667. The zero-order valence-corrected chi connectivity index (χ0v) is 26.2. The predicted molar refractivity (Wildman–Crippen MR) is 168 cm³/mol. The number of carbonyl (C=O) groups excluding carboxylic acids is 2. The largest absolute Gasteiger partial charge is 0.352 e. The number of aryl methyl sites for hydroxylation is 4. The number of hydrogen-bond acceptors (Lipinski definition) is 4. The third-order valence-corrected chi connectivity index (χ3v) is 9.88. The van der Waals surface area contributed by atoms with E-state index in [0.717, 1.165) is 53.5 Å². The summed E-state index contributed by atoms with van der Waals surface area (Å²) in [5, 5.41) is 3.15. The topological polar surface area (TPSA) is 86.8 Å². The lowest BCUT2D eigenvalue weighted by Gasteiger charge is -2.33. The standard InChI is InChI=1S/C34H43N3O4S/c1-24-11-16-29(17-12-24)22-36(28(5)34(39)35-30-9-7-6-8-10-30)33(38)23-37(32-20-15-26(3)21-27(32)4)42(40,41)31-18-13-25(2)14-19-31/h11-21,28,30H,6-10,22-23H2,1-5H3,(H,35,39). The van der Waals surface area contributed by atoms with Crippen LogP contribution in [-0.4, -0.2) is 43.8 Å². The fourth-order valence-electron chi connectivity index (χ4n) is 5.48. The number of amides is 2. The minimum Gasteiger partial charge on any atom is -0.352 e. The second-order valence-corrected chi connectivity index (χ2v) is 13.5. The molecule has 0 aromatic heterocycles. The summed E-state index contributed by atoms with van der Waals surface area (Å²) >= 11 is 0. The van der Waals surface area contributed by atoms with Crippen molar-refractivity contribution in [3.63, 3.8) is 0 Å². The van der Waals surface area contributed by atoms with Crippen LogP contribution in [0.15, 0.2) is 71.6 Å². The normalized spacial score (nSPS) is 14.7. The SMILES string of the molecule is Cc1ccc(CN(C(=O)CN(c2ccc(C)cc2C)S(=O)(=O)c2ccc(C)cc2)C(C)C(=O)NC2CCCCC2)cc1. The molecule has 2 amide bonds. The van der Waals surface area contributed by atoms with Gasteiger partial charge in [0.25, 0.3) is 10.0 Å². The lowest BCUT2D eigenvalue weighted by Crippen LogP contribution is -2.53. The highest BCUT2D eigenvalue weighted by molar-refractivity contribution is 7.92. The second kappa shape index (κ2) is 13.6. The van der Waals surface area contributed by atoms with Gasteiger partial charge in [-0.05, 0) is 76.8 Å². The van der Waals surface area contributed by atoms with Crippen LogP contribution in [0.2, 0.25) is 0 Å². The van der Waals surface area contributed by atoms with Crippen molar-refractivity contribution in [2.24, 2.45) is 0 Å². The molecule has 3 aromatic carbocycles. The van der Waals surface area contributed by atoms with E-state index in [-0.39, 0.29) is 23.4 Å². The maximum atomic E-state index is 14.2. The Hall–Kier alpha value is -3.65. The van der Waals surface area contributed by atoms with E-state index in [1.165, 1.54) is 15.6 Å². The van der Waals surface area contributed by atoms with Crippen LogP contribution in [0.4, 0.5) is 5.69 Å². The molecule has 1 aliphatic carbocycles. The van der Waals surface area contributed by atoms with E-state index >= 15 is 0 Å². The Morgan fingerprint density at radius 1 is 0.833 bits per heavy atom. The highest BCUT2D eigenvalue weighted by atomic mass is 32.2. The van der Waals surface area contributed by atoms with E-state index in [0.29, 0.717) is 5.69 Å². The second-order valence-electron chi connectivity index (χ2n) is 11.6. The van der Waals surface area contributed by atoms with Gasteiger partial charge in [-0.1, -0.05) is 84.5 Å².